The Morgan fingerprint density at radius 3 is 2.75 bits per heavy atom. The number of rotatable bonds is 5. The second-order valence-corrected chi connectivity index (χ2v) is 5.48. The van der Waals surface area contributed by atoms with Gasteiger partial charge >= 0.3 is 0 Å². The molecule has 1 aromatic carbocycles. The molecule has 20 heavy (non-hydrogen) atoms. The van der Waals surface area contributed by atoms with E-state index in [1.807, 2.05) is 17.7 Å². The molecule has 1 atom stereocenters. The molecule has 0 amide bonds. The Morgan fingerprint density at radius 1 is 1.35 bits per heavy atom. The van der Waals surface area contributed by atoms with Crippen molar-refractivity contribution in [1.29, 1.82) is 0 Å². The third kappa shape index (κ3) is 3.25. The molecule has 3 nitrogen and oxygen atoms in total. The van der Waals surface area contributed by atoms with E-state index in [9.17, 15) is 4.39 Å². The van der Waals surface area contributed by atoms with E-state index < -0.39 is 0 Å². The zero-order valence-electron chi connectivity index (χ0n) is 12.4. The fourth-order valence-electron chi connectivity index (χ4n) is 2.42. The number of benzene rings is 1. The zero-order valence-corrected chi connectivity index (χ0v) is 12.4. The fraction of sp³-hybridized carbons (Fsp3) is 0.438. The van der Waals surface area contributed by atoms with Crippen molar-refractivity contribution in [3.63, 3.8) is 0 Å². The van der Waals surface area contributed by atoms with Gasteiger partial charge in [-0.15, -0.1) is 0 Å². The van der Waals surface area contributed by atoms with Crippen LogP contribution in [-0.4, -0.2) is 16.3 Å². The predicted octanol–water partition coefficient (Wildman–Crippen LogP) is 2.82. The van der Waals surface area contributed by atoms with E-state index in [1.165, 1.54) is 11.6 Å². The molecule has 4 heteroatoms. The number of halogens is 1. The van der Waals surface area contributed by atoms with Crippen molar-refractivity contribution in [2.24, 2.45) is 11.7 Å². The second-order valence-electron chi connectivity index (χ2n) is 5.48. The van der Waals surface area contributed by atoms with Crippen LogP contribution in [0, 0.1) is 25.6 Å². The van der Waals surface area contributed by atoms with Gasteiger partial charge in [-0.05, 0) is 56.0 Å². The van der Waals surface area contributed by atoms with Gasteiger partial charge in [0.25, 0.3) is 0 Å². The van der Waals surface area contributed by atoms with Gasteiger partial charge in [0.2, 0.25) is 0 Å². The van der Waals surface area contributed by atoms with Crippen LogP contribution < -0.4 is 5.73 Å². The Kier molecular flexibility index (Phi) is 4.55. The topological polar surface area (TPSA) is 43.8 Å². The number of aryl methyl sites for hydroxylation is 1. The Hall–Kier alpha value is -1.68. The summed E-state index contributed by atoms with van der Waals surface area (Å²) in [6.07, 6.45) is 0.942. The summed E-state index contributed by atoms with van der Waals surface area (Å²) in [5, 5.41) is 4.58. The first-order valence-electron chi connectivity index (χ1n) is 6.98. The molecule has 1 aromatic heterocycles. The third-order valence-electron chi connectivity index (χ3n) is 3.71. The molecule has 0 aliphatic rings. The molecule has 1 heterocycles. The molecule has 108 valence electrons. The van der Waals surface area contributed by atoms with E-state index in [2.05, 4.69) is 18.9 Å². The van der Waals surface area contributed by atoms with E-state index in [0.717, 1.165) is 23.4 Å². The molecule has 2 aromatic rings. The van der Waals surface area contributed by atoms with Crippen LogP contribution in [0.2, 0.25) is 0 Å². The number of hydrogen-bond donors (Lipinski definition) is 1. The second kappa shape index (κ2) is 6.18. The van der Waals surface area contributed by atoms with Crippen molar-refractivity contribution in [3.05, 3.63) is 52.6 Å². The number of hydrogen-bond acceptors (Lipinski definition) is 2. The van der Waals surface area contributed by atoms with Gasteiger partial charge in [0.1, 0.15) is 5.82 Å². The summed E-state index contributed by atoms with van der Waals surface area (Å²) < 4.78 is 15.2. The van der Waals surface area contributed by atoms with Crippen molar-refractivity contribution in [2.45, 2.75) is 33.7 Å². The van der Waals surface area contributed by atoms with Gasteiger partial charge in [0.15, 0.2) is 0 Å². The highest BCUT2D eigenvalue weighted by atomic mass is 19.1. The minimum Gasteiger partial charge on any atom is -0.330 e. The maximum Gasteiger partial charge on any atom is 0.123 e. The quantitative estimate of drug-likeness (QED) is 0.912. The van der Waals surface area contributed by atoms with Crippen LogP contribution in [0.15, 0.2) is 24.3 Å². The van der Waals surface area contributed by atoms with E-state index in [4.69, 9.17) is 5.73 Å². The molecule has 2 rings (SSSR count). The van der Waals surface area contributed by atoms with Crippen LogP contribution in [0.25, 0.3) is 0 Å². The van der Waals surface area contributed by atoms with Crippen molar-refractivity contribution in [3.8, 4) is 0 Å². The van der Waals surface area contributed by atoms with E-state index in [0.29, 0.717) is 19.0 Å². The number of aromatic nitrogens is 2. The largest absolute Gasteiger partial charge is 0.330 e. The molecule has 0 fully saturated rings. The van der Waals surface area contributed by atoms with Gasteiger partial charge in [-0.3, -0.25) is 4.68 Å². The lowest BCUT2D eigenvalue weighted by molar-refractivity contribution is 0.587. The van der Waals surface area contributed by atoms with Crippen LogP contribution in [-0.2, 0) is 13.0 Å². The summed E-state index contributed by atoms with van der Waals surface area (Å²) in [4.78, 5) is 0. The highest BCUT2D eigenvalue weighted by molar-refractivity contribution is 5.26. The Labute approximate surface area is 119 Å². The molecular weight excluding hydrogens is 253 g/mol. The summed E-state index contributed by atoms with van der Waals surface area (Å²) >= 11 is 0. The van der Waals surface area contributed by atoms with Gasteiger partial charge in [-0.2, -0.15) is 5.10 Å². The molecule has 0 bridgehead atoms. The third-order valence-corrected chi connectivity index (χ3v) is 3.71. The standard InChI is InChI=1S/C16H22FN3/c1-11(9-18)7-16-12(2)19-20(13(16)3)10-14-5-4-6-15(17)8-14/h4-6,8,11H,7,9-10,18H2,1-3H3. The van der Waals surface area contributed by atoms with Crippen LogP contribution >= 0.6 is 0 Å². The highest BCUT2D eigenvalue weighted by Gasteiger charge is 2.14. The van der Waals surface area contributed by atoms with Crippen LogP contribution in [0.1, 0.15) is 29.4 Å². The normalized spacial score (nSPS) is 12.7. The van der Waals surface area contributed by atoms with Crippen LogP contribution in [0.3, 0.4) is 0 Å². The molecular formula is C16H22FN3. The first kappa shape index (κ1) is 14.7. The first-order chi connectivity index (χ1) is 9.51. The zero-order chi connectivity index (χ0) is 14.7. The van der Waals surface area contributed by atoms with Gasteiger partial charge in [-0.25, -0.2) is 4.39 Å². The van der Waals surface area contributed by atoms with E-state index in [1.54, 1.807) is 12.1 Å². The minimum absolute atomic E-state index is 0.207. The lowest BCUT2D eigenvalue weighted by Gasteiger charge is -2.09. The fourth-order valence-corrected chi connectivity index (χ4v) is 2.42. The number of nitrogens with zero attached hydrogens (tertiary/aromatic N) is 2. The molecule has 0 spiro atoms. The molecule has 0 aliphatic carbocycles. The Balaban J connectivity index is 2.23. The minimum atomic E-state index is -0.207. The monoisotopic (exact) mass is 275 g/mol. The summed E-state index contributed by atoms with van der Waals surface area (Å²) in [5.74, 6) is 0.236. The molecule has 2 N–H and O–H groups in total. The van der Waals surface area contributed by atoms with E-state index >= 15 is 0 Å². The van der Waals surface area contributed by atoms with Crippen molar-refractivity contribution in [1.82, 2.24) is 9.78 Å². The van der Waals surface area contributed by atoms with Gasteiger partial charge in [-0.1, -0.05) is 19.1 Å². The van der Waals surface area contributed by atoms with Gasteiger partial charge in [0, 0.05) is 5.69 Å². The molecule has 1 unspecified atom stereocenters. The van der Waals surface area contributed by atoms with Crippen molar-refractivity contribution >= 4 is 0 Å². The molecule has 0 radical (unpaired) electrons. The Morgan fingerprint density at radius 2 is 2.10 bits per heavy atom. The average molecular weight is 275 g/mol. The smallest absolute Gasteiger partial charge is 0.123 e. The van der Waals surface area contributed by atoms with Gasteiger partial charge in [0.05, 0.1) is 12.2 Å². The maximum absolute atomic E-state index is 13.2. The lowest BCUT2D eigenvalue weighted by Crippen LogP contribution is -2.14. The SMILES string of the molecule is Cc1nn(Cc2cccc(F)c2)c(C)c1CC(C)CN. The molecule has 0 saturated carbocycles. The summed E-state index contributed by atoms with van der Waals surface area (Å²) in [6, 6.07) is 6.66. The molecule has 0 saturated heterocycles. The van der Waals surface area contributed by atoms with Crippen molar-refractivity contribution in [2.75, 3.05) is 6.54 Å². The summed E-state index contributed by atoms with van der Waals surface area (Å²) in [7, 11) is 0. The lowest BCUT2D eigenvalue weighted by atomic mass is 10.00. The first-order valence-corrected chi connectivity index (χ1v) is 6.98. The number of nitrogens with two attached hydrogens (primary N) is 1. The Bertz CT molecular complexity index is 589. The van der Waals surface area contributed by atoms with E-state index in [-0.39, 0.29) is 5.82 Å². The van der Waals surface area contributed by atoms with Crippen LogP contribution in [0.4, 0.5) is 4.39 Å². The average Bonchev–Trinajstić information content (AvgIpc) is 2.66. The molecule has 0 aliphatic heterocycles. The highest BCUT2D eigenvalue weighted by Crippen LogP contribution is 2.18. The maximum atomic E-state index is 13.2. The summed E-state index contributed by atoms with van der Waals surface area (Å²) in [6.45, 7) is 7.50. The van der Waals surface area contributed by atoms with Crippen LogP contribution in [0.5, 0.6) is 0 Å². The summed E-state index contributed by atoms with van der Waals surface area (Å²) in [5.41, 5.74) is 10.1. The predicted molar refractivity (Wildman–Crippen MR) is 79.1 cm³/mol. The van der Waals surface area contributed by atoms with Crippen molar-refractivity contribution < 1.29 is 4.39 Å². The van der Waals surface area contributed by atoms with Gasteiger partial charge < -0.3 is 5.73 Å².